The summed E-state index contributed by atoms with van der Waals surface area (Å²) in [5, 5.41) is 0. The molecule has 0 aromatic heterocycles. The quantitative estimate of drug-likeness (QED) is 0.688. The summed E-state index contributed by atoms with van der Waals surface area (Å²) < 4.78 is 0. The first-order valence-corrected chi connectivity index (χ1v) is 10.8. The minimum absolute atomic E-state index is 0.134. The molecule has 1 heterocycles. The molecule has 2 amide bonds. The standard InChI is InChI=1S/C23H35N3O2/c1-18(2)15-26(21-11-12-21)23(28)17-25(20-9-7-19(3)8-10-20)16-22(27)24-13-5-4-6-14-24/h7-10,18,21H,4-6,11-17H2,1-3H3. The lowest BCUT2D eigenvalue weighted by Crippen LogP contribution is -2.47. The average molecular weight is 386 g/mol. The van der Waals surface area contributed by atoms with Gasteiger partial charge in [-0.25, -0.2) is 0 Å². The monoisotopic (exact) mass is 385 g/mol. The van der Waals surface area contributed by atoms with E-state index in [1.54, 1.807) is 0 Å². The third-order valence-corrected chi connectivity index (χ3v) is 5.63. The Kier molecular flexibility index (Phi) is 6.97. The van der Waals surface area contributed by atoms with Gasteiger partial charge in [-0.3, -0.25) is 9.59 Å². The normalized spacial score (nSPS) is 16.9. The SMILES string of the molecule is Cc1ccc(N(CC(=O)N2CCCCC2)CC(=O)N(CC(C)C)C2CC2)cc1. The highest BCUT2D eigenvalue weighted by molar-refractivity contribution is 5.87. The summed E-state index contributed by atoms with van der Waals surface area (Å²) in [6, 6.07) is 8.54. The van der Waals surface area contributed by atoms with Crippen molar-refractivity contribution < 1.29 is 9.59 Å². The van der Waals surface area contributed by atoms with Crippen molar-refractivity contribution in [2.75, 3.05) is 37.6 Å². The fourth-order valence-corrected chi connectivity index (χ4v) is 3.89. The van der Waals surface area contributed by atoms with Crippen molar-refractivity contribution >= 4 is 17.5 Å². The Balaban J connectivity index is 1.72. The summed E-state index contributed by atoms with van der Waals surface area (Å²) in [4.78, 5) is 32.0. The van der Waals surface area contributed by atoms with Crippen LogP contribution in [-0.4, -0.2) is 60.4 Å². The average Bonchev–Trinajstić information content (AvgIpc) is 3.51. The van der Waals surface area contributed by atoms with Crippen molar-refractivity contribution in [1.29, 1.82) is 0 Å². The van der Waals surface area contributed by atoms with Crippen molar-refractivity contribution in [1.82, 2.24) is 9.80 Å². The number of amides is 2. The van der Waals surface area contributed by atoms with Crippen LogP contribution in [0.15, 0.2) is 24.3 Å². The molecule has 0 radical (unpaired) electrons. The van der Waals surface area contributed by atoms with E-state index in [2.05, 4.69) is 20.8 Å². The van der Waals surface area contributed by atoms with Crippen LogP contribution in [0.2, 0.25) is 0 Å². The van der Waals surface area contributed by atoms with Crippen LogP contribution < -0.4 is 4.90 Å². The van der Waals surface area contributed by atoms with E-state index in [0.29, 0.717) is 12.0 Å². The number of piperidine rings is 1. The molecule has 1 aliphatic heterocycles. The molecule has 154 valence electrons. The summed E-state index contributed by atoms with van der Waals surface area (Å²) in [6.45, 7) is 9.38. The minimum atomic E-state index is 0.134. The number of nitrogens with zero attached hydrogens (tertiary/aromatic N) is 3. The van der Waals surface area contributed by atoms with Crippen LogP contribution in [0.5, 0.6) is 0 Å². The lowest BCUT2D eigenvalue weighted by Gasteiger charge is -2.32. The van der Waals surface area contributed by atoms with Gasteiger partial charge in [0, 0.05) is 31.4 Å². The van der Waals surface area contributed by atoms with Gasteiger partial charge in [0.15, 0.2) is 0 Å². The van der Waals surface area contributed by atoms with Crippen molar-refractivity contribution in [2.24, 2.45) is 5.92 Å². The molecule has 1 aliphatic carbocycles. The number of rotatable bonds is 8. The fourth-order valence-electron chi connectivity index (χ4n) is 3.89. The summed E-state index contributed by atoms with van der Waals surface area (Å²) in [5.74, 6) is 0.727. The Morgan fingerprint density at radius 1 is 1.04 bits per heavy atom. The largest absolute Gasteiger partial charge is 0.353 e. The molecule has 0 atom stereocenters. The molecule has 28 heavy (non-hydrogen) atoms. The molecule has 0 bridgehead atoms. The molecule has 1 aromatic carbocycles. The van der Waals surface area contributed by atoms with Gasteiger partial charge in [0.2, 0.25) is 11.8 Å². The third-order valence-electron chi connectivity index (χ3n) is 5.63. The van der Waals surface area contributed by atoms with E-state index >= 15 is 0 Å². The predicted molar refractivity (Wildman–Crippen MR) is 113 cm³/mol. The predicted octanol–water partition coefficient (Wildman–Crippen LogP) is 3.46. The van der Waals surface area contributed by atoms with Crippen LogP contribution in [0.25, 0.3) is 0 Å². The van der Waals surface area contributed by atoms with E-state index in [0.717, 1.165) is 51.0 Å². The maximum Gasteiger partial charge on any atom is 0.242 e. The minimum Gasteiger partial charge on any atom is -0.353 e. The van der Waals surface area contributed by atoms with Crippen molar-refractivity contribution in [2.45, 2.75) is 58.9 Å². The Labute approximate surface area is 169 Å². The van der Waals surface area contributed by atoms with Crippen LogP contribution in [0.4, 0.5) is 5.69 Å². The highest BCUT2D eigenvalue weighted by atomic mass is 16.2. The van der Waals surface area contributed by atoms with Crippen LogP contribution in [-0.2, 0) is 9.59 Å². The zero-order valence-corrected chi connectivity index (χ0v) is 17.7. The Morgan fingerprint density at radius 2 is 1.68 bits per heavy atom. The second-order valence-corrected chi connectivity index (χ2v) is 8.80. The number of aryl methyl sites for hydroxylation is 1. The van der Waals surface area contributed by atoms with Crippen molar-refractivity contribution in [3.8, 4) is 0 Å². The first-order valence-electron chi connectivity index (χ1n) is 10.8. The van der Waals surface area contributed by atoms with Gasteiger partial charge >= 0.3 is 0 Å². The van der Waals surface area contributed by atoms with E-state index in [4.69, 9.17) is 0 Å². The number of carbonyl (C=O) groups is 2. The first-order chi connectivity index (χ1) is 13.4. The smallest absolute Gasteiger partial charge is 0.242 e. The van der Waals surface area contributed by atoms with Gasteiger partial charge < -0.3 is 14.7 Å². The van der Waals surface area contributed by atoms with Crippen LogP contribution >= 0.6 is 0 Å². The van der Waals surface area contributed by atoms with Gasteiger partial charge in [0.05, 0.1) is 13.1 Å². The number of benzene rings is 1. The molecule has 5 nitrogen and oxygen atoms in total. The maximum atomic E-state index is 13.1. The van der Waals surface area contributed by atoms with E-state index in [1.807, 2.05) is 39.0 Å². The zero-order valence-electron chi connectivity index (χ0n) is 17.7. The molecule has 2 fully saturated rings. The zero-order chi connectivity index (χ0) is 20.1. The van der Waals surface area contributed by atoms with E-state index in [9.17, 15) is 9.59 Å². The number of hydrogen-bond acceptors (Lipinski definition) is 3. The molecular weight excluding hydrogens is 350 g/mol. The van der Waals surface area contributed by atoms with Gasteiger partial charge in [-0.05, 0) is 57.1 Å². The van der Waals surface area contributed by atoms with Crippen LogP contribution in [0.3, 0.4) is 0 Å². The maximum absolute atomic E-state index is 13.1. The summed E-state index contributed by atoms with van der Waals surface area (Å²) in [5.41, 5.74) is 2.13. The molecule has 3 rings (SSSR count). The molecule has 0 spiro atoms. The highest BCUT2D eigenvalue weighted by Crippen LogP contribution is 2.28. The molecule has 0 N–H and O–H groups in total. The number of carbonyl (C=O) groups excluding carboxylic acids is 2. The van der Waals surface area contributed by atoms with Gasteiger partial charge in [-0.2, -0.15) is 0 Å². The fraction of sp³-hybridized carbons (Fsp3) is 0.652. The topological polar surface area (TPSA) is 43.9 Å². The van der Waals surface area contributed by atoms with E-state index in [-0.39, 0.29) is 24.9 Å². The Bertz CT molecular complexity index is 661. The molecule has 1 saturated heterocycles. The van der Waals surface area contributed by atoms with Crippen LogP contribution in [0.1, 0.15) is 51.5 Å². The van der Waals surface area contributed by atoms with Crippen LogP contribution in [0, 0.1) is 12.8 Å². The number of likely N-dealkylation sites (tertiary alicyclic amines) is 1. The summed E-state index contributed by atoms with van der Waals surface area (Å²) >= 11 is 0. The molecule has 2 aliphatic rings. The molecule has 0 unspecified atom stereocenters. The second kappa shape index (κ2) is 9.44. The van der Waals surface area contributed by atoms with Gasteiger partial charge in [-0.1, -0.05) is 31.5 Å². The van der Waals surface area contributed by atoms with E-state index < -0.39 is 0 Å². The Hall–Kier alpha value is -2.04. The Morgan fingerprint density at radius 3 is 2.25 bits per heavy atom. The number of hydrogen-bond donors (Lipinski definition) is 0. The van der Waals surface area contributed by atoms with Gasteiger partial charge in [0.1, 0.15) is 0 Å². The van der Waals surface area contributed by atoms with Gasteiger partial charge in [-0.15, -0.1) is 0 Å². The van der Waals surface area contributed by atoms with E-state index in [1.165, 1.54) is 12.0 Å². The summed E-state index contributed by atoms with van der Waals surface area (Å²) in [6.07, 6.45) is 5.58. The molecular formula is C23H35N3O2. The molecule has 5 heteroatoms. The summed E-state index contributed by atoms with van der Waals surface area (Å²) in [7, 11) is 0. The number of anilines is 1. The third kappa shape index (κ3) is 5.73. The lowest BCUT2D eigenvalue weighted by molar-refractivity contribution is -0.131. The molecule has 1 saturated carbocycles. The highest BCUT2D eigenvalue weighted by Gasteiger charge is 2.33. The van der Waals surface area contributed by atoms with Gasteiger partial charge in [0.25, 0.3) is 0 Å². The molecule has 1 aromatic rings. The second-order valence-electron chi connectivity index (χ2n) is 8.80. The van der Waals surface area contributed by atoms with Crippen molar-refractivity contribution in [3.05, 3.63) is 29.8 Å². The lowest BCUT2D eigenvalue weighted by atomic mass is 10.1. The van der Waals surface area contributed by atoms with Crippen molar-refractivity contribution in [3.63, 3.8) is 0 Å². The first kappa shape index (κ1) is 20.7.